The molecule has 24 heavy (non-hydrogen) atoms. The number of aromatic nitrogens is 2. The molecule has 7 nitrogen and oxygen atoms in total. The zero-order valence-corrected chi connectivity index (χ0v) is 15.0. The molecule has 0 spiro atoms. The van der Waals surface area contributed by atoms with Crippen molar-refractivity contribution in [3.63, 3.8) is 0 Å². The van der Waals surface area contributed by atoms with Crippen LogP contribution in [-0.4, -0.2) is 38.7 Å². The number of anilines is 2. The van der Waals surface area contributed by atoms with E-state index in [4.69, 9.17) is 5.73 Å². The Bertz CT molecular complexity index is 590. The molecule has 1 heterocycles. The number of hydrogen-bond donors (Lipinski definition) is 4. The van der Waals surface area contributed by atoms with Crippen LogP contribution >= 0.6 is 0 Å². The maximum atomic E-state index is 11.7. The average molecular weight is 335 g/mol. The summed E-state index contributed by atoms with van der Waals surface area (Å²) in [5, 5.41) is 16.6. The fraction of sp³-hybridized carbons (Fsp3) is 0.706. The molecule has 3 atom stereocenters. The number of nitrogens with two attached hydrogens (primary N) is 1. The summed E-state index contributed by atoms with van der Waals surface area (Å²) in [6.07, 6.45) is 4.50. The molecule has 0 bridgehead atoms. The third-order valence-electron chi connectivity index (χ3n) is 4.88. The molecule has 0 saturated heterocycles. The lowest BCUT2D eigenvalue weighted by atomic mass is 9.85. The topological polar surface area (TPSA) is 113 Å². The third kappa shape index (κ3) is 4.56. The number of nitrogens with zero attached hydrogens (tertiary/aromatic N) is 2. The molecule has 1 fully saturated rings. The first-order valence-electron chi connectivity index (χ1n) is 8.61. The first-order chi connectivity index (χ1) is 11.2. The highest BCUT2D eigenvalue weighted by atomic mass is 16.3. The molecule has 0 radical (unpaired) electrons. The van der Waals surface area contributed by atoms with Crippen molar-refractivity contribution in [2.45, 2.75) is 71.1 Å². The molecule has 2 rings (SSSR count). The number of aliphatic hydroxyl groups excluding tert-OH is 1. The average Bonchev–Trinajstić information content (AvgIpc) is 2.50. The first-order valence-corrected chi connectivity index (χ1v) is 8.61. The molecule has 1 aromatic heterocycles. The maximum Gasteiger partial charge on any atom is 0.254 e. The zero-order chi connectivity index (χ0) is 17.9. The summed E-state index contributed by atoms with van der Waals surface area (Å²) >= 11 is 0. The lowest BCUT2D eigenvalue weighted by Gasteiger charge is -2.32. The van der Waals surface area contributed by atoms with Gasteiger partial charge in [-0.2, -0.15) is 4.98 Å². The summed E-state index contributed by atoms with van der Waals surface area (Å²) < 4.78 is 0. The Labute approximate surface area is 143 Å². The summed E-state index contributed by atoms with van der Waals surface area (Å²) in [4.78, 5) is 20.3. The van der Waals surface area contributed by atoms with Crippen LogP contribution in [0.25, 0.3) is 0 Å². The summed E-state index contributed by atoms with van der Waals surface area (Å²) in [5.74, 6) is 0.618. The number of hydrogen-bond acceptors (Lipinski definition) is 6. The largest absolute Gasteiger partial charge is 0.393 e. The van der Waals surface area contributed by atoms with Crippen molar-refractivity contribution in [1.82, 2.24) is 9.97 Å². The normalized spacial score (nSPS) is 24.5. The smallest absolute Gasteiger partial charge is 0.254 e. The second-order valence-corrected chi connectivity index (χ2v) is 7.38. The molecule has 0 unspecified atom stereocenters. The van der Waals surface area contributed by atoms with Crippen molar-refractivity contribution >= 4 is 17.7 Å². The fourth-order valence-electron chi connectivity index (χ4n) is 2.75. The minimum Gasteiger partial charge on any atom is -0.393 e. The Morgan fingerprint density at radius 1 is 1.46 bits per heavy atom. The molecule has 134 valence electrons. The van der Waals surface area contributed by atoms with E-state index in [1.165, 1.54) is 6.20 Å². The van der Waals surface area contributed by atoms with E-state index in [9.17, 15) is 9.90 Å². The van der Waals surface area contributed by atoms with E-state index >= 15 is 0 Å². The highest BCUT2D eigenvalue weighted by Crippen LogP contribution is 2.27. The Morgan fingerprint density at radius 3 is 2.75 bits per heavy atom. The van der Waals surface area contributed by atoms with Crippen molar-refractivity contribution in [3.05, 3.63) is 11.8 Å². The lowest BCUT2D eigenvalue weighted by Crippen LogP contribution is -2.36. The van der Waals surface area contributed by atoms with Gasteiger partial charge in [0.25, 0.3) is 5.91 Å². The number of nitrogens with one attached hydrogen (secondary N) is 2. The standard InChI is InChI=1S/C17H29N5O2/c1-5-17(3,4)22-16-19-9-12(14(18)24)15(21-16)20-11-7-6-10(2)13(23)8-11/h9-11,13,23H,5-8H2,1-4H3,(H2,18,24)(H2,19,20,21,22)/t10-,11-,13-/m1/s1. The monoisotopic (exact) mass is 335 g/mol. The van der Waals surface area contributed by atoms with Gasteiger partial charge in [0.05, 0.1) is 11.7 Å². The van der Waals surface area contributed by atoms with Crippen molar-refractivity contribution in [1.29, 1.82) is 0 Å². The van der Waals surface area contributed by atoms with Crippen LogP contribution in [0.5, 0.6) is 0 Å². The minimum atomic E-state index is -0.566. The molecule has 1 aliphatic rings. The van der Waals surface area contributed by atoms with E-state index in [0.29, 0.717) is 24.1 Å². The molecule has 0 aliphatic heterocycles. The molecule has 0 aromatic carbocycles. The van der Waals surface area contributed by atoms with E-state index in [2.05, 4.69) is 48.3 Å². The van der Waals surface area contributed by atoms with Gasteiger partial charge in [-0.05, 0) is 45.4 Å². The second-order valence-electron chi connectivity index (χ2n) is 7.38. The molecular formula is C17H29N5O2. The van der Waals surface area contributed by atoms with Gasteiger partial charge in [0, 0.05) is 17.8 Å². The van der Waals surface area contributed by atoms with Crippen LogP contribution in [-0.2, 0) is 0 Å². The first kappa shape index (κ1) is 18.4. The van der Waals surface area contributed by atoms with Gasteiger partial charge in [-0.3, -0.25) is 4.79 Å². The van der Waals surface area contributed by atoms with Gasteiger partial charge in [-0.15, -0.1) is 0 Å². The van der Waals surface area contributed by atoms with Crippen molar-refractivity contribution in [3.8, 4) is 0 Å². The second kappa shape index (κ2) is 7.34. The highest BCUT2D eigenvalue weighted by Gasteiger charge is 2.27. The molecule has 1 amide bonds. The van der Waals surface area contributed by atoms with Gasteiger partial charge >= 0.3 is 0 Å². The van der Waals surface area contributed by atoms with Crippen molar-refractivity contribution in [2.24, 2.45) is 11.7 Å². The van der Waals surface area contributed by atoms with E-state index in [-0.39, 0.29) is 23.2 Å². The lowest BCUT2D eigenvalue weighted by molar-refractivity contribution is 0.0739. The number of primary amides is 1. The zero-order valence-electron chi connectivity index (χ0n) is 15.0. The molecule has 7 heteroatoms. The van der Waals surface area contributed by atoms with Gasteiger partial charge in [0.2, 0.25) is 5.95 Å². The maximum absolute atomic E-state index is 11.7. The Balaban J connectivity index is 2.20. The predicted octanol–water partition coefficient (Wildman–Crippen LogP) is 2.14. The van der Waals surface area contributed by atoms with E-state index in [0.717, 1.165) is 19.3 Å². The van der Waals surface area contributed by atoms with Crippen molar-refractivity contribution < 1.29 is 9.90 Å². The highest BCUT2D eigenvalue weighted by molar-refractivity contribution is 5.97. The van der Waals surface area contributed by atoms with Crippen LogP contribution in [0, 0.1) is 5.92 Å². The van der Waals surface area contributed by atoms with Crippen molar-refractivity contribution in [2.75, 3.05) is 10.6 Å². The number of amides is 1. The number of carbonyl (C=O) groups is 1. The Morgan fingerprint density at radius 2 is 2.17 bits per heavy atom. The number of aliphatic hydroxyl groups is 1. The molecule has 1 aromatic rings. The summed E-state index contributed by atoms with van der Waals surface area (Å²) in [7, 11) is 0. The van der Waals surface area contributed by atoms with Gasteiger partial charge in [-0.1, -0.05) is 13.8 Å². The van der Waals surface area contributed by atoms with Gasteiger partial charge in [0.15, 0.2) is 0 Å². The molecule has 1 saturated carbocycles. The van der Waals surface area contributed by atoms with E-state index < -0.39 is 5.91 Å². The molecule has 1 aliphatic carbocycles. The van der Waals surface area contributed by atoms with Crippen LogP contribution < -0.4 is 16.4 Å². The molecule has 5 N–H and O–H groups in total. The van der Waals surface area contributed by atoms with Crippen LogP contribution in [0.15, 0.2) is 6.20 Å². The van der Waals surface area contributed by atoms with E-state index in [1.54, 1.807) is 0 Å². The summed E-state index contributed by atoms with van der Waals surface area (Å²) in [5.41, 5.74) is 5.56. The van der Waals surface area contributed by atoms with Crippen LogP contribution in [0.3, 0.4) is 0 Å². The predicted molar refractivity (Wildman–Crippen MR) is 95.0 cm³/mol. The third-order valence-corrected chi connectivity index (χ3v) is 4.88. The Hall–Kier alpha value is -1.89. The SMILES string of the molecule is CCC(C)(C)Nc1ncc(C(N)=O)c(N[C@@H]2CC[C@@H](C)[C@H](O)C2)n1. The van der Waals surface area contributed by atoms with Crippen LogP contribution in [0.1, 0.15) is 63.7 Å². The summed E-state index contributed by atoms with van der Waals surface area (Å²) in [6, 6.07) is 0.0660. The Kier molecular flexibility index (Phi) is 5.64. The fourth-order valence-corrected chi connectivity index (χ4v) is 2.75. The van der Waals surface area contributed by atoms with E-state index in [1.807, 2.05) is 0 Å². The van der Waals surface area contributed by atoms with Crippen LogP contribution in [0.4, 0.5) is 11.8 Å². The molecular weight excluding hydrogens is 306 g/mol. The summed E-state index contributed by atoms with van der Waals surface area (Å²) in [6.45, 7) is 8.25. The number of carbonyl (C=O) groups excluding carboxylic acids is 1. The van der Waals surface area contributed by atoms with Gasteiger partial charge in [-0.25, -0.2) is 4.98 Å². The minimum absolute atomic E-state index is 0.0660. The van der Waals surface area contributed by atoms with Gasteiger partial charge in [0.1, 0.15) is 5.82 Å². The van der Waals surface area contributed by atoms with Crippen LogP contribution in [0.2, 0.25) is 0 Å². The number of rotatable bonds is 6. The quantitative estimate of drug-likeness (QED) is 0.633. The van der Waals surface area contributed by atoms with Gasteiger partial charge < -0.3 is 21.5 Å².